The fraction of sp³-hybridized carbons (Fsp3) is 0.750. The van der Waals surface area contributed by atoms with Gasteiger partial charge in [-0.3, -0.25) is 0 Å². The van der Waals surface area contributed by atoms with Gasteiger partial charge in [0.15, 0.2) is 0 Å². The largest absolute Gasteiger partial charge is 0.383 e. The summed E-state index contributed by atoms with van der Waals surface area (Å²) >= 11 is 0. The molecule has 0 unspecified atom stereocenters. The van der Waals surface area contributed by atoms with Crippen LogP contribution in [-0.2, 0) is 0 Å². The Bertz CT molecular complexity index is 576. The van der Waals surface area contributed by atoms with Crippen LogP contribution in [-0.4, -0.2) is 44.3 Å². The van der Waals surface area contributed by atoms with E-state index in [4.69, 9.17) is 10.7 Å². The van der Waals surface area contributed by atoms with Crippen LogP contribution in [0, 0.1) is 0 Å². The molecule has 26 heavy (non-hydrogen) atoms. The number of pyridine rings is 1. The van der Waals surface area contributed by atoms with E-state index in [1.54, 1.807) is 5.56 Å². The SMILES string of the molecule is Cl.Nc1ncc(C2CCNCC2)c(C2CCNCC2)c1C1CCNCC1. The van der Waals surface area contributed by atoms with E-state index in [1.807, 2.05) is 0 Å². The van der Waals surface area contributed by atoms with Gasteiger partial charge in [0.2, 0.25) is 0 Å². The van der Waals surface area contributed by atoms with E-state index in [0.717, 1.165) is 45.1 Å². The Morgan fingerprint density at radius 3 is 1.62 bits per heavy atom. The van der Waals surface area contributed by atoms with Crippen LogP contribution < -0.4 is 21.7 Å². The van der Waals surface area contributed by atoms with Gasteiger partial charge in [0.1, 0.15) is 5.82 Å². The topological polar surface area (TPSA) is 75.0 Å². The van der Waals surface area contributed by atoms with Crippen molar-refractivity contribution in [2.45, 2.75) is 56.3 Å². The maximum atomic E-state index is 6.50. The van der Waals surface area contributed by atoms with Gasteiger partial charge in [-0.1, -0.05) is 0 Å². The molecule has 5 N–H and O–H groups in total. The summed E-state index contributed by atoms with van der Waals surface area (Å²) in [7, 11) is 0. The molecule has 0 amide bonds. The van der Waals surface area contributed by atoms with E-state index in [1.165, 1.54) is 49.7 Å². The number of halogens is 1. The van der Waals surface area contributed by atoms with Crippen LogP contribution >= 0.6 is 12.4 Å². The highest BCUT2D eigenvalue weighted by molar-refractivity contribution is 5.85. The summed E-state index contributed by atoms with van der Waals surface area (Å²) in [4.78, 5) is 4.71. The van der Waals surface area contributed by atoms with Crippen LogP contribution in [0.4, 0.5) is 5.82 Å². The molecular formula is C20H34ClN5. The van der Waals surface area contributed by atoms with Crippen molar-refractivity contribution < 1.29 is 0 Å². The Kier molecular flexibility index (Phi) is 7.15. The minimum absolute atomic E-state index is 0. The van der Waals surface area contributed by atoms with E-state index in [-0.39, 0.29) is 12.4 Å². The van der Waals surface area contributed by atoms with Gasteiger partial charge in [0, 0.05) is 11.8 Å². The number of nitrogens with one attached hydrogen (secondary N) is 3. The number of aromatic nitrogens is 1. The molecule has 0 saturated carbocycles. The van der Waals surface area contributed by atoms with Crippen molar-refractivity contribution in [3.05, 3.63) is 22.9 Å². The molecule has 3 aliphatic heterocycles. The Hall–Kier alpha value is -0.880. The fourth-order valence-electron chi connectivity index (χ4n) is 5.14. The second-order valence-corrected chi connectivity index (χ2v) is 8.00. The lowest BCUT2D eigenvalue weighted by Crippen LogP contribution is -2.32. The molecule has 5 nitrogen and oxygen atoms in total. The predicted molar refractivity (Wildman–Crippen MR) is 110 cm³/mol. The van der Waals surface area contributed by atoms with Crippen LogP contribution in [0.1, 0.15) is 73.0 Å². The van der Waals surface area contributed by atoms with E-state index >= 15 is 0 Å². The van der Waals surface area contributed by atoms with Gasteiger partial charge in [-0.2, -0.15) is 0 Å². The van der Waals surface area contributed by atoms with Crippen LogP contribution in [0.5, 0.6) is 0 Å². The van der Waals surface area contributed by atoms with Crippen LogP contribution in [0.15, 0.2) is 6.20 Å². The van der Waals surface area contributed by atoms with E-state index in [9.17, 15) is 0 Å². The average Bonchev–Trinajstić information content (AvgIpc) is 2.70. The third kappa shape index (κ3) is 4.16. The Labute approximate surface area is 163 Å². The summed E-state index contributed by atoms with van der Waals surface area (Å²) in [6.45, 7) is 6.72. The molecule has 0 atom stereocenters. The molecule has 146 valence electrons. The van der Waals surface area contributed by atoms with Gasteiger partial charge in [-0.15, -0.1) is 12.4 Å². The first-order chi connectivity index (χ1) is 12.3. The third-order valence-corrected chi connectivity index (χ3v) is 6.49. The first-order valence-electron chi connectivity index (χ1n) is 10.2. The molecule has 1 aromatic heterocycles. The van der Waals surface area contributed by atoms with Gasteiger partial charge >= 0.3 is 0 Å². The molecule has 0 aliphatic carbocycles. The molecule has 0 bridgehead atoms. The van der Waals surface area contributed by atoms with E-state index in [0.29, 0.717) is 17.8 Å². The van der Waals surface area contributed by atoms with Gasteiger partial charge in [0.25, 0.3) is 0 Å². The summed E-state index contributed by atoms with van der Waals surface area (Å²) in [6.07, 6.45) is 9.45. The molecule has 3 aliphatic rings. The standard InChI is InChI=1S/C20H33N5.ClH/c21-20-19(16-5-11-24-12-6-16)18(15-3-9-23-10-4-15)17(13-25-20)14-1-7-22-8-2-14;/h13-16,22-24H,1-12H2,(H2,21,25);1H. The number of piperidine rings is 3. The molecule has 4 heterocycles. The lowest BCUT2D eigenvalue weighted by atomic mass is 9.75. The summed E-state index contributed by atoms with van der Waals surface area (Å²) in [5, 5.41) is 10.5. The lowest BCUT2D eigenvalue weighted by Gasteiger charge is -2.35. The van der Waals surface area contributed by atoms with Gasteiger partial charge in [-0.25, -0.2) is 4.98 Å². The zero-order chi connectivity index (χ0) is 17.1. The molecular weight excluding hydrogens is 346 g/mol. The second kappa shape index (κ2) is 9.36. The fourth-order valence-corrected chi connectivity index (χ4v) is 5.14. The molecule has 4 rings (SSSR count). The monoisotopic (exact) mass is 379 g/mol. The lowest BCUT2D eigenvalue weighted by molar-refractivity contribution is 0.420. The summed E-state index contributed by atoms with van der Waals surface area (Å²) in [5.41, 5.74) is 11.0. The van der Waals surface area contributed by atoms with Crippen molar-refractivity contribution in [2.24, 2.45) is 0 Å². The number of hydrogen-bond acceptors (Lipinski definition) is 5. The molecule has 0 spiro atoms. The van der Waals surface area contributed by atoms with Gasteiger partial charge in [0.05, 0.1) is 0 Å². The van der Waals surface area contributed by atoms with Crippen LogP contribution in [0.3, 0.4) is 0 Å². The molecule has 0 aromatic carbocycles. The first kappa shape index (κ1) is 19.9. The maximum absolute atomic E-state index is 6.50. The van der Waals surface area contributed by atoms with Gasteiger partial charge < -0.3 is 21.7 Å². The van der Waals surface area contributed by atoms with Crippen molar-refractivity contribution in [3.8, 4) is 0 Å². The van der Waals surface area contributed by atoms with Crippen molar-refractivity contribution >= 4 is 18.2 Å². The van der Waals surface area contributed by atoms with E-state index in [2.05, 4.69) is 22.1 Å². The number of rotatable bonds is 3. The smallest absolute Gasteiger partial charge is 0.127 e. The summed E-state index contributed by atoms with van der Waals surface area (Å²) in [5.74, 6) is 2.69. The zero-order valence-electron chi connectivity index (χ0n) is 15.7. The third-order valence-electron chi connectivity index (χ3n) is 6.49. The quantitative estimate of drug-likeness (QED) is 0.649. The minimum atomic E-state index is 0. The van der Waals surface area contributed by atoms with Crippen molar-refractivity contribution in [1.29, 1.82) is 0 Å². The average molecular weight is 380 g/mol. The Morgan fingerprint density at radius 2 is 1.12 bits per heavy atom. The van der Waals surface area contributed by atoms with E-state index < -0.39 is 0 Å². The van der Waals surface area contributed by atoms with Gasteiger partial charge in [-0.05, 0) is 107 Å². The first-order valence-corrected chi connectivity index (χ1v) is 10.2. The number of nitrogen functional groups attached to an aromatic ring is 1. The minimum Gasteiger partial charge on any atom is -0.383 e. The molecule has 3 fully saturated rings. The number of nitrogens with two attached hydrogens (primary N) is 1. The van der Waals surface area contributed by atoms with Crippen molar-refractivity contribution in [1.82, 2.24) is 20.9 Å². The highest BCUT2D eigenvalue weighted by atomic mass is 35.5. The maximum Gasteiger partial charge on any atom is 0.127 e. The Morgan fingerprint density at radius 1 is 0.692 bits per heavy atom. The highest BCUT2D eigenvalue weighted by Crippen LogP contribution is 2.43. The number of nitrogens with zero attached hydrogens (tertiary/aromatic N) is 1. The molecule has 6 heteroatoms. The van der Waals surface area contributed by atoms with Crippen molar-refractivity contribution in [3.63, 3.8) is 0 Å². The van der Waals surface area contributed by atoms with Crippen LogP contribution in [0.2, 0.25) is 0 Å². The normalized spacial score (nSPS) is 23.5. The zero-order valence-corrected chi connectivity index (χ0v) is 16.5. The molecule has 1 aromatic rings. The number of hydrogen-bond donors (Lipinski definition) is 4. The predicted octanol–water partition coefficient (Wildman–Crippen LogP) is 2.49. The number of anilines is 1. The Balaban J connectivity index is 0.00000196. The van der Waals surface area contributed by atoms with Crippen molar-refractivity contribution in [2.75, 3.05) is 45.0 Å². The van der Waals surface area contributed by atoms with Crippen LogP contribution in [0.25, 0.3) is 0 Å². The summed E-state index contributed by atoms with van der Waals surface area (Å²) < 4.78 is 0. The molecule has 3 saturated heterocycles. The highest BCUT2D eigenvalue weighted by Gasteiger charge is 2.31. The summed E-state index contributed by atoms with van der Waals surface area (Å²) in [6, 6.07) is 0. The molecule has 0 radical (unpaired) electrons. The second-order valence-electron chi connectivity index (χ2n) is 8.00.